The molecule has 1 atom stereocenters. The Hall–Kier alpha value is -3.74. The number of carbonyl (C=O) groups excluding carboxylic acids is 1. The second-order valence-corrected chi connectivity index (χ2v) is 8.76. The van der Waals surface area contributed by atoms with Crippen LogP contribution in [0.25, 0.3) is 10.8 Å². The summed E-state index contributed by atoms with van der Waals surface area (Å²) in [5.74, 6) is 0.273. The van der Waals surface area contributed by atoms with E-state index in [2.05, 4.69) is 15.3 Å². The summed E-state index contributed by atoms with van der Waals surface area (Å²) in [6.07, 6.45) is 11.8. The third-order valence-corrected chi connectivity index (χ3v) is 6.71. The number of rotatable bonds is 7. The van der Waals surface area contributed by atoms with E-state index in [1.54, 1.807) is 36.8 Å². The molecule has 2 N–H and O–H groups in total. The van der Waals surface area contributed by atoms with Gasteiger partial charge in [-0.2, -0.15) is 0 Å². The Labute approximate surface area is 191 Å². The molecule has 0 amide bonds. The number of carboxylic acids is 1. The molecule has 33 heavy (non-hydrogen) atoms. The molecule has 0 aliphatic heterocycles. The molecule has 2 heterocycles. The molecule has 0 unspecified atom stereocenters. The van der Waals surface area contributed by atoms with E-state index in [0.29, 0.717) is 18.1 Å². The monoisotopic (exact) mass is 443 g/mol. The van der Waals surface area contributed by atoms with Crippen LogP contribution in [0, 0.1) is 5.41 Å². The Morgan fingerprint density at radius 3 is 2.58 bits per heavy atom. The van der Waals surface area contributed by atoms with E-state index in [-0.39, 0.29) is 5.78 Å². The van der Waals surface area contributed by atoms with Gasteiger partial charge in [0, 0.05) is 36.8 Å². The lowest BCUT2D eigenvalue weighted by molar-refractivity contribution is -0.140. The molecule has 1 aromatic carbocycles. The van der Waals surface area contributed by atoms with E-state index in [1.165, 1.54) is 0 Å². The van der Waals surface area contributed by atoms with Gasteiger partial charge in [0.25, 0.3) is 0 Å². The summed E-state index contributed by atoms with van der Waals surface area (Å²) < 4.78 is 5.95. The van der Waals surface area contributed by atoms with Crippen molar-refractivity contribution in [2.24, 2.45) is 5.41 Å². The first-order valence-corrected chi connectivity index (χ1v) is 11.3. The summed E-state index contributed by atoms with van der Waals surface area (Å²) in [5, 5.41) is 14.8. The number of aliphatic carboxylic acids is 1. The van der Waals surface area contributed by atoms with Crippen molar-refractivity contribution in [3.8, 4) is 11.6 Å². The number of ketones is 1. The zero-order valence-corrected chi connectivity index (χ0v) is 18.2. The predicted molar refractivity (Wildman–Crippen MR) is 123 cm³/mol. The summed E-state index contributed by atoms with van der Waals surface area (Å²) in [5.41, 5.74) is 1.16. The van der Waals surface area contributed by atoms with Crippen molar-refractivity contribution < 1.29 is 19.4 Å². The fourth-order valence-electron chi connectivity index (χ4n) is 4.81. The highest BCUT2D eigenvalue weighted by atomic mass is 16.5. The van der Waals surface area contributed by atoms with Crippen LogP contribution in [0.4, 0.5) is 0 Å². The van der Waals surface area contributed by atoms with E-state index >= 15 is 0 Å². The Bertz CT molecular complexity index is 1220. The Kier molecular flexibility index (Phi) is 5.54. The van der Waals surface area contributed by atoms with Crippen molar-refractivity contribution in [3.63, 3.8) is 0 Å². The number of hydrogen-bond donors (Lipinski definition) is 2. The van der Waals surface area contributed by atoms with E-state index < -0.39 is 17.4 Å². The maximum Gasteiger partial charge on any atom is 0.326 e. The molecule has 2 aliphatic rings. The van der Waals surface area contributed by atoms with Gasteiger partial charge in [0.2, 0.25) is 5.88 Å². The summed E-state index contributed by atoms with van der Waals surface area (Å²) in [6, 6.07) is 10.3. The van der Waals surface area contributed by atoms with Gasteiger partial charge in [-0.15, -0.1) is 0 Å². The molecule has 1 saturated carbocycles. The molecule has 7 heteroatoms. The summed E-state index contributed by atoms with van der Waals surface area (Å²) in [6.45, 7) is 0. The SMILES string of the molecule is O=C(O)[C@H](Cc1ccc(Oc2nccc3ccncc23)cc1)NC1=CC(=O)C12CCCCC2. The third kappa shape index (κ3) is 4.06. The smallest absolute Gasteiger partial charge is 0.326 e. The molecule has 0 saturated heterocycles. The first kappa shape index (κ1) is 21.1. The summed E-state index contributed by atoms with van der Waals surface area (Å²) >= 11 is 0. The minimum absolute atomic E-state index is 0.132. The van der Waals surface area contributed by atoms with Crippen LogP contribution in [0.3, 0.4) is 0 Å². The van der Waals surface area contributed by atoms with Gasteiger partial charge in [0.15, 0.2) is 5.78 Å². The van der Waals surface area contributed by atoms with Crippen LogP contribution < -0.4 is 10.1 Å². The number of benzene rings is 1. The van der Waals surface area contributed by atoms with Crippen molar-refractivity contribution in [2.45, 2.75) is 44.6 Å². The van der Waals surface area contributed by atoms with Gasteiger partial charge in [-0.25, -0.2) is 9.78 Å². The third-order valence-electron chi connectivity index (χ3n) is 6.71. The standard InChI is InChI=1S/C26H25N3O4/c30-23-15-22(26(23)10-2-1-3-11-26)29-21(25(31)32)14-17-4-6-19(7-5-17)33-24-20-16-27-12-8-18(20)9-13-28-24/h4-9,12-13,15-16,21,29H,1-3,10-11,14H2,(H,31,32)/t21-/m0/s1. The van der Waals surface area contributed by atoms with Crippen LogP contribution in [-0.2, 0) is 16.0 Å². The van der Waals surface area contributed by atoms with E-state index in [9.17, 15) is 14.7 Å². The molecule has 7 nitrogen and oxygen atoms in total. The maximum atomic E-state index is 12.3. The molecular formula is C26H25N3O4. The van der Waals surface area contributed by atoms with Crippen LogP contribution in [0.2, 0.25) is 0 Å². The second kappa shape index (κ2) is 8.65. The molecule has 2 aromatic heterocycles. The van der Waals surface area contributed by atoms with E-state index in [0.717, 1.165) is 54.1 Å². The zero-order valence-electron chi connectivity index (χ0n) is 18.2. The fraction of sp³-hybridized carbons (Fsp3) is 0.308. The van der Waals surface area contributed by atoms with Gasteiger partial charge >= 0.3 is 5.97 Å². The minimum Gasteiger partial charge on any atom is -0.480 e. The highest BCUT2D eigenvalue weighted by Gasteiger charge is 2.49. The first-order valence-electron chi connectivity index (χ1n) is 11.3. The molecule has 2 aliphatic carbocycles. The number of aromatic nitrogens is 2. The van der Waals surface area contributed by atoms with Crippen molar-refractivity contribution in [3.05, 3.63) is 72.3 Å². The average Bonchev–Trinajstić information content (AvgIpc) is 2.85. The zero-order chi connectivity index (χ0) is 22.8. The van der Waals surface area contributed by atoms with E-state index in [4.69, 9.17) is 4.74 Å². The fourth-order valence-corrected chi connectivity index (χ4v) is 4.81. The maximum absolute atomic E-state index is 12.3. The van der Waals surface area contributed by atoms with Gasteiger partial charge in [0.1, 0.15) is 11.8 Å². The van der Waals surface area contributed by atoms with Crippen LogP contribution >= 0.6 is 0 Å². The van der Waals surface area contributed by atoms with Gasteiger partial charge in [0.05, 0.1) is 10.8 Å². The van der Waals surface area contributed by atoms with Gasteiger partial charge in [-0.3, -0.25) is 9.78 Å². The quantitative estimate of drug-likeness (QED) is 0.557. The second-order valence-electron chi connectivity index (χ2n) is 8.76. The number of fused-ring (bicyclic) bond motifs is 1. The van der Waals surface area contributed by atoms with Crippen LogP contribution in [0.5, 0.6) is 11.6 Å². The molecule has 1 spiro atoms. The lowest BCUT2D eigenvalue weighted by Crippen LogP contribution is -2.51. The van der Waals surface area contributed by atoms with Gasteiger partial charge in [-0.05, 0) is 48.1 Å². The lowest BCUT2D eigenvalue weighted by atomic mass is 9.62. The van der Waals surface area contributed by atoms with Crippen molar-refractivity contribution in [1.29, 1.82) is 0 Å². The first-order chi connectivity index (χ1) is 16.0. The number of pyridine rings is 2. The topological polar surface area (TPSA) is 101 Å². The molecule has 5 rings (SSSR count). The van der Waals surface area contributed by atoms with Crippen LogP contribution in [-0.4, -0.2) is 32.9 Å². The number of nitrogens with zero attached hydrogens (tertiary/aromatic N) is 2. The van der Waals surface area contributed by atoms with Crippen molar-refractivity contribution in [1.82, 2.24) is 15.3 Å². The number of allylic oxidation sites excluding steroid dienone is 2. The van der Waals surface area contributed by atoms with Crippen molar-refractivity contribution in [2.75, 3.05) is 0 Å². The Balaban J connectivity index is 1.28. The number of carboxylic acid groups (broad SMARTS) is 1. The minimum atomic E-state index is -0.936. The Morgan fingerprint density at radius 1 is 1.09 bits per heavy atom. The number of hydrogen-bond acceptors (Lipinski definition) is 6. The lowest BCUT2D eigenvalue weighted by Gasteiger charge is -2.44. The number of nitrogens with one attached hydrogen (secondary N) is 1. The normalized spacial score (nSPS) is 17.8. The molecule has 168 valence electrons. The van der Waals surface area contributed by atoms with Crippen molar-refractivity contribution >= 4 is 22.5 Å². The van der Waals surface area contributed by atoms with Crippen LogP contribution in [0.1, 0.15) is 37.7 Å². The molecule has 0 bridgehead atoms. The Morgan fingerprint density at radius 2 is 1.85 bits per heavy atom. The molecule has 1 fully saturated rings. The largest absolute Gasteiger partial charge is 0.480 e. The van der Waals surface area contributed by atoms with Gasteiger partial charge < -0.3 is 15.2 Å². The molecule has 0 radical (unpaired) electrons. The predicted octanol–water partition coefficient (Wildman–Crippen LogP) is 4.42. The number of carbonyl (C=O) groups is 2. The van der Waals surface area contributed by atoms with E-state index in [1.807, 2.05) is 24.3 Å². The number of ether oxygens (including phenoxy) is 1. The average molecular weight is 444 g/mol. The molecular weight excluding hydrogens is 418 g/mol. The van der Waals surface area contributed by atoms with Crippen LogP contribution in [0.15, 0.2) is 66.8 Å². The highest BCUT2D eigenvalue weighted by molar-refractivity contribution is 6.05. The van der Waals surface area contributed by atoms with Gasteiger partial charge in [-0.1, -0.05) is 31.4 Å². The molecule has 3 aromatic rings. The summed E-state index contributed by atoms with van der Waals surface area (Å²) in [4.78, 5) is 32.7. The summed E-state index contributed by atoms with van der Waals surface area (Å²) in [7, 11) is 0. The highest BCUT2D eigenvalue weighted by Crippen LogP contribution is 2.48.